The van der Waals surface area contributed by atoms with E-state index in [0.29, 0.717) is 12.8 Å². The highest BCUT2D eigenvalue weighted by atomic mass is 16.5. The monoisotopic (exact) mass is 314 g/mol. The van der Waals surface area contributed by atoms with Gasteiger partial charge in [-0.2, -0.15) is 0 Å². The van der Waals surface area contributed by atoms with Crippen molar-refractivity contribution in [1.82, 2.24) is 20.6 Å². The molecule has 1 aliphatic rings. The standard InChI is InChI=1S/C16H18N4O3/c1-23-12-4-2-10(3-5-12)6-13-15(21)20-14(16(22)19-13)7-11-8-17-9-18-11/h2-5,8-9,13-14H,6-7H2,1H3,(H,17,18)(H,19,22)(H,20,21). The summed E-state index contributed by atoms with van der Waals surface area (Å²) in [6.07, 6.45) is 4.07. The van der Waals surface area contributed by atoms with Gasteiger partial charge >= 0.3 is 0 Å². The van der Waals surface area contributed by atoms with Gasteiger partial charge in [-0.05, 0) is 17.7 Å². The number of hydrogen-bond acceptors (Lipinski definition) is 4. The normalized spacial score (nSPS) is 20.7. The number of hydrogen-bond donors (Lipinski definition) is 3. The third kappa shape index (κ3) is 3.50. The summed E-state index contributed by atoms with van der Waals surface area (Å²) in [6.45, 7) is 0. The van der Waals surface area contributed by atoms with E-state index >= 15 is 0 Å². The summed E-state index contributed by atoms with van der Waals surface area (Å²) in [5.41, 5.74) is 1.69. The molecule has 0 radical (unpaired) electrons. The van der Waals surface area contributed by atoms with Gasteiger partial charge in [0.2, 0.25) is 11.8 Å². The Bertz CT molecular complexity index is 682. The van der Waals surface area contributed by atoms with Gasteiger partial charge < -0.3 is 20.4 Å². The van der Waals surface area contributed by atoms with Gasteiger partial charge in [-0.15, -0.1) is 0 Å². The average molecular weight is 314 g/mol. The second kappa shape index (κ2) is 6.51. The van der Waals surface area contributed by atoms with E-state index in [9.17, 15) is 9.59 Å². The molecule has 2 amide bonds. The van der Waals surface area contributed by atoms with Crippen LogP contribution in [0.3, 0.4) is 0 Å². The lowest BCUT2D eigenvalue weighted by atomic mass is 10.0. The Morgan fingerprint density at radius 1 is 1.04 bits per heavy atom. The molecule has 7 heteroatoms. The number of methoxy groups -OCH3 is 1. The van der Waals surface area contributed by atoms with Gasteiger partial charge in [0.05, 0.1) is 19.1 Å². The average Bonchev–Trinajstić information content (AvgIpc) is 3.06. The molecule has 3 rings (SSSR count). The first-order valence-electron chi connectivity index (χ1n) is 7.37. The summed E-state index contributed by atoms with van der Waals surface area (Å²) in [5.74, 6) is 0.386. The summed E-state index contributed by atoms with van der Waals surface area (Å²) in [5, 5.41) is 5.55. The summed E-state index contributed by atoms with van der Waals surface area (Å²) in [6, 6.07) is 6.28. The molecule has 7 nitrogen and oxygen atoms in total. The van der Waals surface area contributed by atoms with Gasteiger partial charge in [0.15, 0.2) is 0 Å². The molecule has 2 unspecified atom stereocenters. The molecule has 0 spiro atoms. The predicted octanol–water partition coefficient (Wildman–Crippen LogP) is 0.187. The molecule has 2 atom stereocenters. The van der Waals surface area contributed by atoms with Crippen LogP contribution in [0.1, 0.15) is 11.3 Å². The van der Waals surface area contributed by atoms with Crippen LogP contribution in [0.2, 0.25) is 0 Å². The van der Waals surface area contributed by atoms with Crippen molar-refractivity contribution in [2.75, 3.05) is 7.11 Å². The van der Waals surface area contributed by atoms with Crippen molar-refractivity contribution < 1.29 is 14.3 Å². The highest BCUT2D eigenvalue weighted by molar-refractivity contribution is 5.97. The smallest absolute Gasteiger partial charge is 0.243 e. The number of carbonyl (C=O) groups excluding carboxylic acids is 2. The summed E-state index contributed by atoms with van der Waals surface area (Å²) < 4.78 is 5.10. The van der Waals surface area contributed by atoms with Crippen molar-refractivity contribution in [3.8, 4) is 5.75 Å². The van der Waals surface area contributed by atoms with Crippen molar-refractivity contribution in [3.63, 3.8) is 0 Å². The summed E-state index contributed by atoms with van der Waals surface area (Å²) in [4.78, 5) is 31.3. The van der Waals surface area contributed by atoms with Gasteiger partial charge in [0.1, 0.15) is 17.8 Å². The molecule has 2 heterocycles. The molecule has 1 aromatic heterocycles. The molecule has 120 valence electrons. The minimum Gasteiger partial charge on any atom is -0.497 e. The first kappa shape index (κ1) is 15.1. The van der Waals surface area contributed by atoms with E-state index < -0.39 is 12.1 Å². The molecule has 2 aromatic rings. The van der Waals surface area contributed by atoms with E-state index in [-0.39, 0.29) is 11.8 Å². The largest absolute Gasteiger partial charge is 0.497 e. The van der Waals surface area contributed by atoms with E-state index in [0.717, 1.165) is 17.0 Å². The SMILES string of the molecule is COc1ccc(CC2NC(=O)C(Cc3c[nH]cn3)NC2=O)cc1. The molecule has 1 saturated heterocycles. The molecule has 1 aromatic carbocycles. The van der Waals surface area contributed by atoms with Gasteiger partial charge in [0.25, 0.3) is 0 Å². The third-order valence-corrected chi connectivity index (χ3v) is 3.83. The zero-order valence-electron chi connectivity index (χ0n) is 12.7. The first-order valence-corrected chi connectivity index (χ1v) is 7.37. The number of nitrogens with one attached hydrogen (secondary N) is 3. The lowest BCUT2D eigenvalue weighted by molar-refractivity contribution is -0.136. The van der Waals surface area contributed by atoms with E-state index in [1.165, 1.54) is 0 Å². The maximum absolute atomic E-state index is 12.2. The molecule has 0 bridgehead atoms. The lowest BCUT2D eigenvalue weighted by Gasteiger charge is -2.29. The van der Waals surface area contributed by atoms with E-state index in [2.05, 4.69) is 20.6 Å². The number of carbonyl (C=O) groups is 2. The fourth-order valence-electron chi connectivity index (χ4n) is 2.57. The zero-order valence-corrected chi connectivity index (χ0v) is 12.7. The quantitative estimate of drug-likeness (QED) is 0.734. The molecule has 0 aliphatic carbocycles. The third-order valence-electron chi connectivity index (χ3n) is 3.83. The topological polar surface area (TPSA) is 96.1 Å². The molecule has 0 saturated carbocycles. The van der Waals surface area contributed by atoms with Crippen LogP contribution < -0.4 is 15.4 Å². The number of amides is 2. The fraction of sp³-hybridized carbons (Fsp3) is 0.312. The molecular weight excluding hydrogens is 296 g/mol. The van der Waals surface area contributed by atoms with E-state index in [1.807, 2.05) is 24.3 Å². The van der Waals surface area contributed by atoms with E-state index in [4.69, 9.17) is 4.74 Å². The van der Waals surface area contributed by atoms with Crippen molar-refractivity contribution >= 4 is 11.8 Å². The Morgan fingerprint density at radius 3 is 2.26 bits per heavy atom. The maximum Gasteiger partial charge on any atom is 0.243 e. The number of rotatable bonds is 5. The number of imidazole rings is 1. The number of nitrogens with zero attached hydrogens (tertiary/aromatic N) is 1. The Kier molecular flexibility index (Phi) is 4.27. The zero-order chi connectivity index (χ0) is 16.2. The molecule has 23 heavy (non-hydrogen) atoms. The minimum absolute atomic E-state index is 0.180. The molecule has 1 fully saturated rings. The molecule has 3 N–H and O–H groups in total. The van der Waals surface area contributed by atoms with Crippen LogP contribution >= 0.6 is 0 Å². The van der Waals surface area contributed by atoms with Gasteiger partial charge in [-0.3, -0.25) is 9.59 Å². The van der Waals surface area contributed by atoms with Crippen LogP contribution in [-0.2, 0) is 22.4 Å². The number of aromatic amines is 1. The highest BCUT2D eigenvalue weighted by Crippen LogP contribution is 2.14. The van der Waals surface area contributed by atoms with Gasteiger partial charge in [-0.25, -0.2) is 4.98 Å². The summed E-state index contributed by atoms with van der Waals surface area (Å²) >= 11 is 0. The number of H-pyrrole nitrogens is 1. The minimum atomic E-state index is -0.585. The number of benzene rings is 1. The number of ether oxygens (including phenoxy) is 1. The molecular formula is C16H18N4O3. The van der Waals surface area contributed by atoms with Crippen LogP contribution in [0.15, 0.2) is 36.8 Å². The van der Waals surface area contributed by atoms with Crippen molar-refractivity contribution in [2.45, 2.75) is 24.9 Å². The van der Waals surface area contributed by atoms with Crippen LogP contribution in [0.5, 0.6) is 5.75 Å². The Hall–Kier alpha value is -2.83. The first-order chi connectivity index (χ1) is 11.2. The maximum atomic E-state index is 12.2. The van der Waals surface area contributed by atoms with Crippen molar-refractivity contribution in [2.24, 2.45) is 0 Å². The van der Waals surface area contributed by atoms with Crippen molar-refractivity contribution in [1.29, 1.82) is 0 Å². The van der Waals surface area contributed by atoms with Gasteiger partial charge in [-0.1, -0.05) is 12.1 Å². The lowest BCUT2D eigenvalue weighted by Crippen LogP contribution is -2.62. The second-order valence-corrected chi connectivity index (χ2v) is 5.44. The molecule has 1 aliphatic heterocycles. The summed E-state index contributed by atoms with van der Waals surface area (Å²) in [7, 11) is 1.60. The van der Waals surface area contributed by atoms with Crippen LogP contribution in [-0.4, -0.2) is 41.0 Å². The highest BCUT2D eigenvalue weighted by Gasteiger charge is 2.33. The van der Waals surface area contributed by atoms with Gasteiger partial charge in [0, 0.05) is 19.0 Å². The van der Waals surface area contributed by atoms with Crippen molar-refractivity contribution in [3.05, 3.63) is 48.0 Å². The Morgan fingerprint density at radius 2 is 1.70 bits per heavy atom. The van der Waals surface area contributed by atoms with Crippen LogP contribution in [0, 0.1) is 0 Å². The Labute approximate surface area is 133 Å². The Balaban J connectivity index is 1.62. The number of aromatic nitrogens is 2. The van der Waals surface area contributed by atoms with Crippen LogP contribution in [0.25, 0.3) is 0 Å². The second-order valence-electron chi connectivity index (χ2n) is 5.44. The fourth-order valence-corrected chi connectivity index (χ4v) is 2.57. The van der Waals surface area contributed by atoms with Crippen LogP contribution in [0.4, 0.5) is 0 Å². The van der Waals surface area contributed by atoms with E-state index in [1.54, 1.807) is 19.6 Å². The predicted molar refractivity (Wildman–Crippen MR) is 82.9 cm³/mol. The number of piperazine rings is 1.